The molecular weight excluding hydrogens is 1120 g/mol. The van der Waals surface area contributed by atoms with Crippen molar-refractivity contribution in [2.24, 2.45) is 0 Å². The van der Waals surface area contributed by atoms with Gasteiger partial charge in [-0.05, 0) is 140 Å². The Hall–Kier alpha value is -7.28. The lowest BCUT2D eigenvalue weighted by atomic mass is 10.0. The molecule has 0 saturated carbocycles. The number of hydrogen-bond donors (Lipinski definition) is 3. The summed E-state index contributed by atoms with van der Waals surface area (Å²) in [6.07, 6.45) is -12.9. The third-order valence-corrected chi connectivity index (χ3v) is 11.5. The van der Waals surface area contributed by atoms with Crippen LogP contribution in [0.3, 0.4) is 0 Å². The second-order valence-corrected chi connectivity index (χ2v) is 17.6. The summed E-state index contributed by atoms with van der Waals surface area (Å²) < 4.78 is 122. The summed E-state index contributed by atoms with van der Waals surface area (Å²) in [7, 11) is 0. The summed E-state index contributed by atoms with van der Waals surface area (Å²) in [6.45, 7) is 5.51. The molecule has 0 aliphatic heterocycles. The van der Waals surface area contributed by atoms with E-state index >= 15 is 0 Å². The fourth-order valence-electron chi connectivity index (χ4n) is 7.82. The van der Waals surface area contributed by atoms with Crippen molar-refractivity contribution in [1.82, 2.24) is 14.5 Å². The Morgan fingerprint density at radius 1 is 0.550 bits per heavy atom. The molecule has 0 atom stereocenters. The first-order chi connectivity index (χ1) is 34.7. The first-order valence-electron chi connectivity index (χ1n) is 21.7. The van der Waals surface area contributed by atoms with E-state index < -0.39 is 30.8 Å². The van der Waals surface area contributed by atoms with Gasteiger partial charge in [0.05, 0.1) is 5.52 Å². The molecule has 3 N–H and O–H groups in total. The molecule has 21 heteroatoms. The summed E-state index contributed by atoms with van der Waals surface area (Å²) in [5.41, 5.74) is 8.89. The average Bonchev–Trinajstić information content (AvgIpc) is 3.90. The lowest BCUT2D eigenvalue weighted by molar-refractivity contribution is -0.275. The molecule has 9 aromatic rings. The van der Waals surface area contributed by atoms with Crippen molar-refractivity contribution in [3.05, 3.63) is 193 Å². The molecule has 3 aromatic heterocycles. The standard InChI is InChI=1S/C19H15ClF3NO3.C17H13ClF3NO.C9H8ClN.C8H5F3O2.6CH4/c1-11-16(8-12-3-2-4-14(7-12)27-19(21,22)23)15-6-5-13(20)9-17(15)24(11)10-18(25)26;1-10-15(14-6-5-12(18)9-16(14)22-10)8-11-3-2-4-13(7-11)23-17(19,20)21;1-6-4-7-2-3-8(10)5-9(7)11-6;9-8(10,11)13-7-3-1-2-6(4-7)5-12;;;;;;/h2-7,9H,8,10H2,1H3,(H,25,26);2-7,9,22H,8H2,1H3;2-5,11H,1H3;1-5H;6*1H4. The molecule has 0 amide bonds. The number of nitrogens with zero attached hydrogens (tertiary/aromatic N) is 1. The van der Waals surface area contributed by atoms with Gasteiger partial charge in [-0.1, -0.05) is 134 Å². The fourth-order valence-corrected chi connectivity index (χ4v) is 8.33. The number of aromatic nitrogens is 3. The third-order valence-electron chi connectivity index (χ3n) is 10.8. The number of aryl methyl sites for hydroxylation is 2. The number of aliphatic carboxylic acids is 1. The predicted octanol–water partition coefficient (Wildman–Crippen LogP) is 20.1. The predicted molar refractivity (Wildman–Crippen MR) is 306 cm³/mol. The number of halogens is 12. The van der Waals surface area contributed by atoms with E-state index in [9.17, 15) is 54.2 Å². The van der Waals surface area contributed by atoms with Crippen LogP contribution >= 0.6 is 34.8 Å². The maximum Gasteiger partial charge on any atom is 0.573 e. The fraction of sp³-hybridized carbons (Fsp3) is 0.254. The molecule has 9 nitrogen and oxygen atoms in total. The van der Waals surface area contributed by atoms with Crippen LogP contribution in [0.1, 0.15) is 94.3 Å². The van der Waals surface area contributed by atoms with E-state index in [1.54, 1.807) is 54.0 Å². The zero-order chi connectivity index (χ0) is 54.1. The zero-order valence-electron chi connectivity index (χ0n) is 38.9. The van der Waals surface area contributed by atoms with Crippen molar-refractivity contribution in [1.29, 1.82) is 0 Å². The van der Waals surface area contributed by atoms with Gasteiger partial charge in [-0.25, -0.2) is 0 Å². The van der Waals surface area contributed by atoms with Crippen LogP contribution in [-0.2, 0) is 24.2 Å². The summed E-state index contributed by atoms with van der Waals surface area (Å²) in [5, 5.41) is 14.1. The number of aromatic amines is 2. The van der Waals surface area contributed by atoms with E-state index in [2.05, 4.69) is 30.2 Å². The molecule has 0 unspecified atom stereocenters. The minimum Gasteiger partial charge on any atom is -0.480 e. The molecule has 0 aliphatic rings. The van der Waals surface area contributed by atoms with Crippen LogP contribution in [0.5, 0.6) is 17.2 Å². The largest absolute Gasteiger partial charge is 0.573 e. The summed E-state index contributed by atoms with van der Waals surface area (Å²) >= 11 is 17.8. The van der Waals surface area contributed by atoms with Crippen molar-refractivity contribution in [3.8, 4) is 17.2 Å². The number of ether oxygens (including phenoxy) is 3. The van der Waals surface area contributed by atoms with Crippen LogP contribution in [0.25, 0.3) is 32.7 Å². The Bertz CT molecular complexity index is 3420. The van der Waals surface area contributed by atoms with Crippen molar-refractivity contribution >= 4 is 79.8 Å². The maximum atomic E-state index is 12.4. The minimum atomic E-state index is -4.76. The number of carbonyl (C=O) groups is 2. The number of nitrogens with one attached hydrogen (secondary N) is 2. The summed E-state index contributed by atoms with van der Waals surface area (Å²) in [5.74, 6) is -1.90. The number of rotatable bonds is 10. The van der Waals surface area contributed by atoms with Crippen molar-refractivity contribution in [2.45, 2.75) is 104 Å². The first-order valence-corrected chi connectivity index (χ1v) is 22.9. The van der Waals surface area contributed by atoms with Gasteiger partial charge >= 0.3 is 25.1 Å². The van der Waals surface area contributed by atoms with Crippen molar-refractivity contribution in [2.75, 3.05) is 0 Å². The Kier molecular flexibility index (Phi) is 28.1. The van der Waals surface area contributed by atoms with Gasteiger partial charge in [0, 0.05) is 59.5 Å². The number of alkyl halides is 9. The van der Waals surface area contributed by atoms with E-state index in [0.29, 0.717) is 40.3 Å². The quantitative estimate of drug-likeness (QED) is 0.0927. The molecule has 9 rings (SSSR count). The van der Waals surface area contributed by atoms with Gasteiger partial charge in [0.15, 0.2) is 0 Å². The number of H-pyrrole nitrogens is 2. The Balaban J connectivity index is 0.00000107. The van der Waals surface area contributed by atoms with Crippen molar-refractivity contribution < 1.29 is 68.4 Å². The van der Waals surface area contributed by atoms with E-state index in [4.69, 9.17) is 34.8 Å². The van der Waals surface area contributed by atoms with Gasteiger partial charge in [0.2, 0.25) is 0 Å². The number of carbonyl (C=O) groups excluding carboxylic acids is 1. The molecular formula is C59H65Cl3F9N3O6. The number of aldehydes is 1. The zero-order valence-corrected chi connectivity index (χ0v) is 41.1. The van der Waals surface area contributed by atoms with Crippen LogP contribution in [0.2, 0.25) is 15.1 Å². The van der Waals surface area contributed by atoms with E-state index in [1.165, 1.54) is 53.5 Å². The smallest absolute Gasteiger partial charge is 0.480 e. The second-order valence-electron chi connectivity index (χ2n) is 16.3. The lowest BCUT2D eigenvalue weighted by Crippen LogP contribution is -2.17. The van der Waals surface area contributed by atoms with Crippen LogP contribution in [0.15, 0.2) is 133 Å². The molecule has 0 aliphatic carbocycles. The first kappa shape index (κ1) is 72.7. The highest BCUT2D eigenvalue weighted by Gasteiger charge is 2.33. The highest BCUT2D eigenvalue weighted by molar-refractivity contribution is 6.32. The minimum absolute atomic E-state index is 0. The molecule has 3 heterocycles. The van der Waals surface area contributed by atoms with Crippen LogP contribution in [0, 0.1) is 20.8 Å². The van der Waals surface area contributed by atoms with E-state index in [-0.39, 0.29) is 68.2 Å². The molecule has 6 aromatic carbocycles. The van der Waals surface area contributed by atoms with E-state index in [1.807, 2.05) is 44.2 Å². The molecule has 436 valence electrons. The van der Waals surface area contributed by atoms with Gasteiger partial charge in [-0.2, -0.15) is 0 Å². The highest BCUT2D eigenvalue weighted by Crippen LogP contribution is 2.33. The monoisotopic (exact) mass is 1190 g/mol. The number of carboxylic acid groups (broad SMARTS) is 1. The van der Waals surface area contributed by atoms with E-state index in [0.717, 1.165) is 67.0 Å². The second kappa shape index (κ2) is 30.9. The molecule has 0 spiro atoms. The molecule has 80 heavy (non-hydrogen) atoms. The molecule has 0 saturated heterocycles. The lowest BCUT2D eigenvalue weighted by Gasteiger charge is -2.10. The molecule has 0 fully saturated rings. The Labute approximate surface area is 475 Å². The van der Waals surface area contributed by atoms with Crippen LogP contribution in [-0.4, -0.2) is 51.0 Å². The third kappa shape index (κ3) is 21.4. The Morgan fingerprint density at radius 2 is 1.00 bits per heavy atom. The Morgan fingerprint density at radius 3 is 1.50 bits per heavy atom. The van der Waals surface area contributed by atoms with Gasteiger partial charge in [0.1, 0.15) is 30.1 Å². The van der Waals surface area contributed by atoms with Crippen LogP contribution < -0.4 is 14.2 Å². The summed E-state index contributed by atoms with van der Waals surface area (Å²) in [6, 6.07) is 35.2. The molecule has 0 radical (unpaired) electrons. The number of carboxylic acids is 1. The summed E-state index contributed by atoms with van der Waals surface area (Å²) in [4.78, 5) is 27.9. The van der Waals surface area contributed by atoms with Gasteiger partial charge < -0.3 is 33.9 Å². The van der Waals surface area contributed by atoms with Crippen LogP contribution in [0.4, 0.5) is 39.5 Å². The van der Waals surface area contributed by atoms with Gasteiger partial charge in [0.25, 0.3) is 0 Å². The highest BCUT2D eigenvalue weighted by atomic mass is 35.5. The molecule has 0 bridgehead atoms. The van der Waals surface area contributed by atoms with Gasteiger partial charge in [-0.3, -0.25) is 9.59 Å². The maximum absolute atomic E-state index is 12.4. The van der Waals surface area contributed by atoms with Gasteiger partial charge in [-0.15, -0.1) is 39.5 Å². The number of fused-ring (bicyclic) bond motifs is 3. The normalized spacial score (nSPS) is 10.6. The SMILES string of the molecule is C.C.C.C.C.C.Cc1[nH]c2cc(Cl)ccc2c1Cc1cccc(OC(F)(F)F)c1.Cc1c(Cc2cccc(OC(F)(F)F)c2)c2ccc(Cl)cc2n1CC(=O)O.Cc1cc2ccc(Cl)cc2[nH]1.O=Cc1cccc(OC(F)(F)F)c1. The van der Waals surface area contributed by atoms with Crippen molar-refractivity contribution in [3.63, 3.8) is 0 Å². The average molecular weight is 1190 g/mol. The number of benzene rings is 6. The topological polar surface area (TPSA) is 119 Å². The number of hydrogen-bond acceptors (Lipinski definition) is 5.